The van der Waals surface area contributed by atoms with E-state index in [1.54, 1.807) is 0 Å². The maximum absolute atomic E-state index is 6.11. The van der Waals surface area contributed by atoms with Crippen molar-refractivity contribution >= 4 is 33.2 Å². The van der Waals surface area contributed by atoms with Crippen molar-refractivity contribution in [1.29, 1.82) is 0 Å². The van der Waals surface area contributed by atoms with Crippen LogP contribution >= 0.6 is 27.5 Å². The van der Waals surface area contributed by atoms with Crippen molar-refractivity contribution < 1.29 is 0 Å². The van der Waals surface area contributed by atoms with Gasteiger partial charge in [-0.25, -0.2) is 0 Å². The minimum Gasteiger partial charge on any atom is -0.369 e. The Hall–Kier alpha value is -0.250. The van der Waals surface area contributed by atoms with Gasteiger partial charge in [0.15, 0.2) is 0 Å². The number of anilines is 1. The lowest BCUT2D eigenvalue weighted by Gasteiger charge is -2.27. The predicted molar refractivity (Wildman–Crippen MR) is 82.7 cm³/mol. The van der Waals surface area contributed by atoms with E-state index < -0.39 is 0 Å². The van der Waals surface area contributed by atoms with Crippen molar-refractivity contribution in [2.24, 2.45) is 0 Å². The number of rotatable bonds is 3. The van der Waals surface area contributed by atoms with Crippen molar-refractivity contribution in [3.63, 3.8) is 0 Å². The van der Waals surface area contributed by atoms with Crippen LogP contribution in [0.1, 0.15) is 26.2 Å². The Balaban J connectivity index is 2.16. The molecule has 18 heavy (non-hydrogen) atoms. The average molecular weight is 332 g/mol. The zero-order chi connectivity index (χ0) is 13.0. The Kier molecular flexibility index (Phi) is 5.34. The third kappa shape index (κ3) is 3.62. The van der Waals surface area contributed by atoms with E-state index in [2.05, 4.69) is 39.1 Å². The Bertz CT molecular complexity index is 397. The van der Waals surface area contributed by atoms with E-state index in [1.807, 2.05) is 12.1 Å². The van der Waals surface area contributed by atoms with Crippen LogP contribution in [0, 0.1) is 0 Å². The maximum atomic E-state index is 6.11. The molecule has 0 amide bonds. The maximum Gasteiger partial charge on any atom is 0.0526 e. The highest BCUT2D eigenvalue weighted by atomic mass is 79.9. The highest BCUT2D eigenvalue weighted by Gasteiger charge is 2.18. The van der Waals surface area contributed by atoms with Crippen LogP contribution in [-0.4, -0.2) is 25.7 Å². The molecule has 0 saturated carbocycles. The van der Waals surface area contributed by atoms with Gasteiger partial charge in [-0.1, -0.05) is 24.9 Å². The molecule has 2 nitrogen and oxygen atoms in total. The lowest BCUT2D eigenvalue weighted by atomic mass is 10.1. The van der Waals surface area contributed by atoms with Gasteiger partial charge in [-0.3, -0.25) is 0 Å². The molecular formula is C14H20BrClN2. The second kappa shape index (κ2) is 6.78. The van der Waals surface area contributed by atoms with E-state index in [1.165, 1.54) is 24.9 Å². The molecule has 1 fully saturated rings. The fraction of sp³-hybridized carbons (Fsp3) is 0.571. The third-order valence-electron chi connectivity index (χ3n) is 3.36. The number of nitrogens with one attached hydrogen (secondary N) is 1. The summed E-state index contributed by atoms with van der Waals surface area (Å²) in [5.41, 5.74) is 1.22. The standard InChI is InChI=1S/C14H20BrClN2/c1-2-4-12-10-18(8-3-7-17-12)14-9-11(16)5-6-13(14)15/h5-6,9,12,17H,2-4,7-8,10H2,1H3. The van der Waals surface area contributed by atoms with Gasteiger partial charge >= 0.3 is 0 Å². The van der Waals surface area contributed by atoms with Gasteiger partial charge in [-0.2, -0.15) is 0 Å². The zero-order valence-electron chi connectivity index (χ0n) is 10.8. The fourth-order valence-corrected chi connectivity index (χ4v) is 3.15. The van der Waals surface area contributed by atoms with E-state index >= 15 is 0 Å². The van der Waals surface area contributed by atoms with E-state index in [9.17, 15) is 0 Å². The largest absolute Gasteiger partial charge is 0.369 e. The van der Waals surface area contributed by atoms with Crippen LogP contribution in [0.2, 0.25) is 5.02 Å². The summed E-state index contributed by atoms with van der Waals surface area (Å²) in [5, 5.41) is 4.43. The van der Waals surface area contributed by atoms with Gasteiger partial charge in [0.25, 0.3) is 0 Å². The minimum atomic E-state index is 0.586. The summed E-state index contributed by atoms with van der Waals surface area (Å²) < 4.78 is 1.13. The van der Waals surface area contributed by atoms with Gasteiger partial charge in [0, 0.05) is 28.6 Å². The molecule has 0 radical (unpaired) electrons. The summed E-state index contributed by atoms with van der Waals surface area (Å²) in [7, 11) is 0. The van der Waals surface area contributed by atoms with Crippen molar-refractivity contribution in [1.82, 2.24) is 5.32 Å². The minimum absolute atomic E-state index is 0.586. The van der Waals surface area contributed by atoms with Gasteiger partial charge in [-0.05, 0) is 53.5 Å². The molecule has 1 unspecified atom stereocenters. The smallest absolute Gasteiger partial charge is 0.0526 e. The monoisotopic (exact) mass is 330 g/mol. The predicted octanol–water partition coefficient (Wildman–Crippen LogP) is 4.07. The molecule has 1 heterocycles. The molecule has 0 spiro atoms. The molecule has 1 aliphatic heterocycles. The van der Waals surface area contributed by atoms with Crippen LogP contribution in [0.3, 0.4) is 0 Å². The first-order valence-electron chi connectivity index (χ1n) is 6.64. The molecule has 1 aromatic carbocycles. The molecule has 1 aromatic rings. The molecular weight excluding hydrogens is 312 g/mol. The number of hydrogen-bond acceptors (Lipinski definition) is 2. The molecule has 1 atom stereocenters. The number of benzene rings is 1. The molecule has 1 aliphatic rings. The summed E-state index contributed by atoms with van der Waals surface area (Å²) in [5.74, 6) is 0. The van der Waals surface area contributed by atoms with Crippen LogP contribution in [0.5, 0.6) is 0 Å². The number of halogens is 2. The topological polar surface area (TPSA) is 15.3 Å². The van der Waals surface area contributed by atoms with Crippen molar-refractivity contribution in [2.45, 2.75) is 32.2 Å². The van der Waals surface area contributed by atoms with E-state index in [0.29, 0.717) is 6.04 Å². The molecule has 4 heteroatoms. The summed E-state index contributed by atoms with van der Waals surface area (Å²) >= 11 is 9.74. The van der Waals surface area contributed by atoms with Gasteiger partial charge in [-0.15, -0.1) is 0 Å². The fourth-order valence-electron chi connectivity index (χ4n) is 2.49. The second-order valence-electron chi connectivity index (χ2n) is 4.84. The zero-order valence-corrected chi connectivity index (χ0v) is 13.1. The molecule has 1 N–H and O–H groups in total. The number of nitrogens with zero attached hydrogens (tertiary/aromatic N) is 1. The summed E-state index contributed by atoms with van der Waals surface area (Å²) in [4.78, 5) is 2.44. The van der Waals surface area contributed by atoms with Crippen LogP contribution < -0.4 is 10.2 Å². The highest BCUT2D eigenvalue weighted by Crippen LogP contribution is 2.30. The Labute approximate surface area is 123 Å². The first-order valence-corrected chi connectivity index (χ1v) is 7.81. The molecule has 0 aromatic heterocycles. The lowest BCUT2D eigenvalue weighted by Crippen LogP contribution is -2.37. The SMILES string of the molecule is CCCC1CN(c2cc(Cl)ccc2Br)CCCN1. The Morgan fingerprint density at radius 2 is 2.33 bits per heavy atom. The van der Waals surface area contributed by atoms with Gasteiger partial charge in [0.1, 0.15) is 0 Å². The van der Waals surface area contributed by atoms with Gasteiger partial charge in [0.05, 0.1) is 5.69 Å². The van der Waals surface area contributed by atoms with E-state index in [-0.39, 0.29) is 0 Å². The molecule has 1 saturated heterocycles. The van der Waals surface area contributed by atoms with Crippen LogP contribution in [-0.2, 0) is 0 Å². The van der Waals surface area contributed by atoms with Crippen LogP contribution in [0.15, 0.2) is 22.7 Å². The number of hydrogen-bond donors (Lipinski definition) is 1. The molecule has 0 aliphatic carbocycles. The van der Waals surface area contributed by atoms with E-state index in [0.717, 1.165) is 29.1 Å². The first kappa shape index (κ1) is 14.2. The Morgan fingerprint density at radius 1 is 1.50 bits per heavy atom. The normalized spacial score (nSPS) is 20.8. The van der Waals surface area contributed by atoms with Crippen molar-refractivity contribution in [3.8, 4) is 0 Å². The highest BCUT2D eigenvalue weighted by molar-refractivity contribution is 9.10. The summed E-state index contributed by atoms with van der Waals surface area (Å²) in [6.07, 6.45) is 3.63. The first-order chi connectivity index (χ1) is 8.70. The quantitative estimate of drug-likeness (QED) is 0.898. The van der Waals surface area contributed by atoms with Gasteiger partial charge in [0.2, 0.25) is 0 Å². The summed E-state index contributed by atoms with van der Waals surface area (Å²) in [6.45, 7) is 5.50. The van der Waals surface area contributed by atoms with Crippen LogP contribution in [0.4, 0.5) is 5.69 Å². The molecule has 2 rings (SSSR count). The van der Waals surface area contributed by atoms with Crippen molar-refractivity contribution in [2.75, 3.05) is 24.5 Å². The van der Waals surface area contributed by atoms with Crippen LogP contribution in [0.25, 0.3) is 0 Å². The molecule has 100 valence electrons. The average Bonchev–Trinajstić information content (AvgIpc) is 2.58. The lowest BCUT2D eigenvalue weighted by molar-refractivity contribution is 0.502. The van der Waals surface area contributed by atoms with Gasteiger partial charge < -0.3 is 10.2 Å². The second-order valence-corrected chi connectivity index (χ2v) is 6.13. The van der Waals surface area contributed by atoms with Crippen molar-refractivity contribution in [3.05, 3.63) is 27.7 Å². The Morgan fingerprint density at radius 3 is 3.11 bits per heavy atom. The van der Waals surface area contributed by atoms with E-state index in [4.69, 9.17) is 11.6 Å². The molecule has 0 bridgehead atoms. The third-order valence-corrected chi connectivity index (χ3v) is 4.27. The summed E-state index contributed by atoms with van der Waals surface area (Å²) in [6, 6.07) is 6.60.